The summed E-state index contributed by atoms with van der Waals surface area (Å²) in [5, 5.41) is 0. The first kappa shape index (κ1) is 15.3. The predicted octanol–water partition coefficient (Wildman–Crippen LogP) is 3.74. The molecule has 1 aromatic carbocycles. The summed E-state index contributed by atoms with van der Waals surface area (Å²) in [6, 6.07) is 14.8. The Morgan fingerprint density at radius 3 is 2.75 bits per heavy atom. The van der Waals surface area contributed by atoms with Crippen molar-refractivity contribution >= 4 is 11.2 Å². The van der Waals surface area contributed by atoms with Crippen LogP contribution in [0.4, 0.5) is 0 Å². The van der Waals surface area contributed by atoms with E-state index in [0.717, 1.165) is 24.3 Å². The lowest BCUT2D eigenvalue weighted by atomic mass is 10.00. The molecule has 3 aromatic rings. The van der Waals surface area contributed by atoms with Crippen molar-refractivity contribution in [3.8, 4) is 0 Å². The minimum atomic E-state index is 0.532. The number of rotatable bonds is 3. The number of pyridine rings is 1. The molecule has 0 spiro atoms. The summed E-state index contributed by atoms with van der Waals surface area (Å²) in [6.45, 7) is 3.36. The lowest BCUT2D eigenvalue weighted by molar-refractivity contribution is 0.275. The number of likely N-dealkylation sites (tertiary alicyclic amines) is 1. The molecule has 2 aromatic heterocycles. The van der Waals surface area contributed by atoms with E-state index in [4.69, 9.17) is 4.98 Å². The van der Waals surface area contributed by atoms with Gasteiger partial charge in [0.15, 0.2) is 5.65 Å². The summed E-state index contributed by atoms with van der Waals surface area (Å²) in [4.78, 5) is 11.9. The topological polar surface area (TPSA) is 34.0 Å². The maximum atomic E-state index is 4.87. The maximum absolute atomic E-state index is 4.87. The number of nitrogens with zero attached hydrogens (tertiary/aromatic N) is 4. The van der Waals surface area contributed by atoms with Crippen molar-refractivity contribution in [1.29, 1.82) is 0 Å². The molecule has 0 radical (unpaired) electrons. The van der Waals surface area contributed by atoms with Crippen LogP contribution in [0.15, 0.2) is 48.7 Å². The minimum absolute atomic E-state index is 0.532. The lowest BCUT2D eigenvalue weighted by Gasteiger charge is -2.20. The smallest absolute Gasteiger partial charge is 0.159 e. The zero-order valence-electron chi connectivity index (χ0n) is 14.2. The maximum Gasteiger partial charge on any atom is 0.159 e. The third kappa shape index (κ3) is 3.06. The molecule has 124 valence electrons. The van der Waals surface area contributed by atoms with E-state index in [0.29, 0.717) is 5.92 Å². The summed E-state index contributed by atoms with van der Waals surface area (Å²) in [7, 11) is 2.10. The summed E-state index contributed by atoms with van der Waals surface area (Å²) >= 11 is 0. The van der Waals surface area contributed by atoms with Gasteiger partial charge in [0, 0.05) is 25.7 Å². The second-order valence-electron chi connectivity index (χ2n) is 6.76. The van der Waals surface area contributed by atoms with Gasteiger partial charge in [-0.25, -0.2) is 9.97 Å². The van der Waals surface area contributed by atoms with Gasteiger partial charge in [-0.15, -0.1) is 0 Å². The minimum Gasteiger partial charge on any atom is -0.316 e. The van der Waals surface area contributed by atoms with Crippen LogP contribution in [0.3, 0.4) is 0 Å². The molecule has 0 bridgehead atoms. The van der Waals surface area contributed by atoms with Gasteiger partial charge in [0.25, 0.3) is 0 Å². The van der Waals surface area contributed by atoms with Crippen LogP contribution in [-0.4, -0.2) is 32.5 Å². The lowest BCUT2D eigenvalue weighted by Crippen LogP contribution is -2.24. The van der Waals surface area contributed by atoms with Gasteiger partial charge in [0.05, 0.1) is 0 Å². The van der Waals surface area contributed by atoms with Crippen LogP contribution < -0.4 is 0 Å². The van der Waals surface area contributed by atoms with Crippen molar-refractivity contribution < 1.29 is 0 Å². The van der Waals surface area contributed by atoms with Crippen LogP contribution >= 0.6 is 0 Å². The van der Waals surface area contributed by atoms with Gasteiger partial charge in [-0.05, 0) is 50.0 Å². The van der Waals surface area contributed by atoms with Gasteiger partial charge in [-0.3, -0.25) is 4.90 Å². The summed E-state index contributed by atoms with van der Waals surface area (Å²) in [6.07, 6.45) is 5.46. The van der Waals surface area contributed by atoms with Crippen LogP contribution in [0.5, 0.6) is 0 Å². The fourth-order valence-corrected chi connectivity index (χ4v) is 3.82. The molecule has 4 heteroatoms. The number of hydrogen-bond donors (Lipinski definition) is 0. The highest BCUT2D eigenvalue weighted by molar-refractivity contribution is 5.71. The van der Waals surface area contributed by atoms with Crippen molar-refractivity contribution in [3.63, 3.8) is 0 Å². The number of benzene rings is 1. The molecule has 1 saturated heterocycles. The molecule has 3 heterocycles. The van der Waals surface area contributed by atoms with E-state index in [1.807, 2.05) is 12.3 Å². The van der Waals surface area contributed by atoms with Crippen molar-refractivity contribution in [2.24, 2.45) is 7.05 Å². The molecular weight excluding hydrogens is 296 g/mol. The monoisotopic (exact) mass is 320 g/mol. The van der Waals surface area contributed by atoms with Crippen molar-refractivity contribution in [3.05, 3.63) is 60.0 Å². The molecule has 1 unspecified atom stereocenters. The summed E-state index contributed by atoms with van der Waals surface area (Å²) in [5.41, 5.74) is 3.42. The van der Waals surface area contributed by atoms with Gasteiger partial charge in [-0.1, -0.05) is 30.3 Å². The van der Waals surface area contributed by atoms with E-state index in [-0.39, 0.29) is 0 Å². The average Bonchev–Trinajstić information content (AvgIpc) is 2.79. The quantitative estimate of drug-likeness (QED) is 0.737. The molecular formula is C20H24N4. The third-order valence-corrected chi connectivity index (χ3v) is 5.10. The van der Waals surface area contributed by atoms with Crippen molar-refractivity contribution in [1.82, 2.24) is 19.4 Å². The van der Waals surface area contributed by atoms with Gasteiger partial charge in [-0.2, -0.15) is 0 Å². The number of aromatic nitrogens is 3. The van der Waals surface area contributed by atoms with Crippen LogP contribution in [0.2, 0.25) is 0 Å². The van der Waals surface area contributed by atoms with E-state index in [9.17, 15) is 0 Å². The second-order valence-corrected chi connectivity index (χ2v) is 6.76. The summed E-state index contributed by atoms with van der Waals surface area (Å²) < 4.78 is 2.19. The van der Waals surface area contributed by atoms with Gasteiger partial charge in [0.1, 0.15) is 11.3 Å². The van der Waals surface area contributed by atoms with Gasteiger partial charge in [0.2, 0.25) is 0 Å². The Morgan fingerprint density at radius 1 is 1.04 bits per heavy atom. The van der Waals surface area contributed by atoms with Crippen LogP contribution in [0.25, 0.3) is 11.2 Å². The molecule has 1 atom stereocenters. The second kappa shape index (κ2) is 6.73. The molecule has 1 aliphatic rings. The number of aryl methyl sites for hydroxylation is 1. The van der Waals surface area contributed by atoms with Gasteiger partial charge < -0.3 is 4.57 Å². The van der Waals surface area contributed by atoms with Crippen molar-refractivity contribution in [2.75, 3.05) is 13.1 Å². The van der Waals surface area contributed by atoms with Crippen LogP contribution in [0.1, 0.15) is 36.6 Å². The average molecular weight is 320 g/mol. The first-order chi connectivity index (χ1) is 11.8. The van der Waals surface area contributed by atoms with Gasteiger partial charge >= 0.3 is 0 Å². The van der Waals surface area contributed by atoms with E-state index in [1.165, 1.54) is 37.2 Å². The first-order valence-corrected chi connectivity index (χ1v) is 8.85. The molecule has 4 nitrogen and oxygen atoms in total. The normalized spacial score (nSPS) is 19.5. The van der Waals surface area contributed by atoms with Crippen LogP contribution in [-0.2, 0) is 13.6 Å². The molecule has 24 heavy (non-hydrogen) atoms. The third-order valence-electron chi connectivity index (χ3n) is 5.10. The van der Waals surface area contributed by atoms with Crippen LogP contribution in [0, 0.1) is 0 Å². The fraction of sp³-hybridized carbons (Fsp3) is 0.400. The molecule has 1 fully saturated rings. The molecule has 0 saturated carbocycles. The first-order valence-electron chi connectivity index (χ1n) is 8.85. The van der Waals surface area contributed by atoms with E-state index in [2.05, 4.69) is 57.9 Å². The molecule has 0 N–H and O–H groups in total. The molecule has 0 aliphatic carbocycles. The molecule has 4 rings (SSSR count). The zero-order valence-corrected chi connectivity index (χ0v) is 14.2. The largest absolute Gasteiger partial charge is 0.316 e. The van der Waals surface area contributed by atoms with E-state index < -0.39 is 0 Å². The summed E-state index contributed by atoms with van der Waals surface area (Å²) in [5.74, 6) is 1.73. The van der Waals surface area contributed by atoms with E-state index >= 15 is 0 Å². The Morgan fingerprint density at radius 2 is 1.92 bits per heavy atom. The fourth-order valence-electron chi connectivity index (χ4n) is 3.82. The Labute approximate surface area is 143 Å². The number of fused-ring (bicyclic) bond motifs is 1. The highest BCUT2D eigenvalue weighted by atomic mass is 15.1. The Hall–Kier alpha value is -2.20. The SMILES string of the molecule is Cn1c(C2CCCN(Cc3ccccc3)CC2)nc2cccnc21. The highest BCUT2D eigenvalue weighted by Crippen LogP contribution is 2.29. The number of hydrogen-bond acceptors (Lipinski definition) is 3. The standard InChI is InChI=1S/C20H24N4/c1-23-19(22-18-10-5-12-21-20(18)23)17-9-6-13-24(14-11-17)15-16-7-3-2-4-8-16/h2-5,7-8,10,12,17H,6,9,11,13-15H2,1H3. The Bertz CT molecular complexity index is 809. The van der Waals surface area contributed by atoms with E-state index in [1.54, 1.807) is 0 Å². The molecule has 1 aliphatic heterocycles. The Balaban J connectivity index is 1.49. The van der Waals surface area contributed by atoms with Crippen molar-refractivity contribution in [2.45, 2.75) is 31.7 Å². The zero-order chi connectivity index (χ0) is 16.4. The highest BCUT2D eigenvalue weighted by Gasteiger charge is 2.23. The predicted molar refractivity (Wildman–Crippen MR) is 96.8 cm³/mol. The number of imidazole rings is 1. The Kier molecular flexibility index (Phi) is 4.30. The molecule has 0 amide bonds.